The second-order valence-electron chi connectivity index (χ2n) is 6.25. The monoisotopic (exact) mass is 344 g/mol. The van der Waals surface area contributed by atoms with Gasteiger partial charge in [-0.15, -0.1) is 0 Å². The fourth-order valence-electron chi connectivity index (χ4n) is 2.37. The number of aliphatic hydroxyl groups is 1. The van der Waals surface area contributed by atoms with Gasteiger partial charge in [-0.05, 0) is 32.6 Å². The van der Waals surface area contributed by atoms with Crippen LogP contribution < -0.4 is 0 Å². The van der Waals surface area contributed by atoms with Crippen LogP contribution in [0.3, 0.4) is 0 Å². The molecule has 1 saturated carbocycles. The van der Waals surface area contributed by atoms with Crippen molar-refractivity contribution in [1.82, 2.24) is 0 Å². The lowest BCUT2D eigenvalue weighted by molar-refractivity contribution is -0.433. The topological polar surface area (TPSA) is 75.6 Å². The van der Waals surface area contributed by atoms with Crippen LogP contribution in [0.5, 0.6) is 0 Å². The summed E-state index contributed by atoms with van der Waals surface area (Å²) in [4.78, 5) is 31.3. The van der Waals surface area contributed by atoms with Crippen molar-refractivity contribution in [1.29, 1.82) is 0 Å². The first kappa shape index (κ1) is 20.5. The zero-order valence-electron chi connectivity index (χ0n) is 15.0. The molecule has 7 heteroatoms. The minimum Gasteiger partial charge on any atom is -0.390 e. The van der Waals surface area contributed by atoms with Crippen LogP contribution in [0.1, 0.15) is 34.6 Å². The first-order chi connectivity index (χ1) is 11.1. The van der Waals surface area contributed by atoms with Crippen molar-refractivity contribution in [3.8, 4) is 0 Å². The Morgan fingerprint density at radius 1 is 0.667 bits per heavy atom. The van der Waals surface area contributed by atoms with E-state index in [1.807, 2.05) is 13.8 Å². The zero-order chi connectivity index (χ0) is 18.4. The van der Waals surface area contributed by atoms with Crippen LogP contribution in [0.4, 0.5) is 0 Å². The highest BCUT2D eigenvalue weighted by molar-refractivity contribution is 4.97. The molecule has 1 fully saturated rings. The lowest BCUT2D eigenvalue weighted by Crippen LogP contribution is -2.59. The van der Waals surface area contributed by atoms with Gasteiger partial charge in [-0.2, -0.15) is 14.7 Å². The molecular weight excluding hydrogens is 316 g/mol. The van der Waals surface area contributed by atoms with E-state index in [1.54, 1.807) is 20.8 Å². The smallest absolute Gasteiger partial charge is 0.168 e. The molecule has 6 unspecified atom stereocenters. The molecule has 6 atom stereocenters. The molecule has 0 saturated heterocycles. The fourth-order valence-corrected chi connectivity index (χ4v) is 2.37. The number of aliphatic hydroxyl groups excluding tert-OH is 1. The fraction of sp³-hybridized carbons (Fsp3) is 0.647. The molecule has 24 heavy (non-hydrogen) atoms. The Hall–Kier alpha value is -1.54. The van der Waals surface area contributed by atoms with Gasteiger partial charge >= 0.3 is 0 Å². The Bertz CT molecular complexity index is 430. The van der Waals surface area contributed by atoms with Crippen molar-refractivity contribution in [2.24, 2.45) is 11.8 Å². The van der Waals surface area contributed by atoms with Crippen molar-refractivity contribution in [3.05, 3.63) is 37.0 Å². The standard InChI is InChI=1S/C17H28O7/c1-9(2)19-22-15-13(8)12(7)14(18)16(23-20-10(3)4)17(15)24-21-11(5)6/h12-18H,1,3,5H2,2,4,6-8H3. The normalized spacial score (nSPS) is 32.8. The Balaban J connectivity index is 3.01. The van der Waals surface area contributed by atoms with Gasteiger partial charge in [0.1, 0.15) is 23.4 Å². The summed E-state index contributed by atoms with van der Waals surface area (Å²) in [6.07, 6.45) is -3.19. The third-order valence-electron chi connectivity index (χ3n) is 3.77. The number of allylic oxidation sites excluding steroid dienone is 3. The van der Waals surface area contributed by atoms with E-state index in [0.29, 0.717) is 17.3 Å². The van der Waals surface area contributed by atoms with E-state index in [4.69, 9.17) is 29.3 Å². The number of rotatable bonds is 9. The Labute approximate surface area is 143 Å². The molecule has 0 aliphatic heterocycles. The molecule has 1 aliphatic rings. The van der Waals surface area contributed by atoms with Gasteiger partial charge in [0.05, 0.1) is 6.10 Å². The summed E-state index contributed by atoms with van der Waals surface area (Å²) in [5.74, 6) is 0.768. The molecule has 1 aliphatic carbocycles. The van der Waals surface area contributed by atoms with Crippen molar-refractivity contribution < 1.29 is 34.4 Å². The van der Waals surface area contributed by atoms with E-state index in [-0.39, 0.29) is 11.8 Å². The van der Waals surface area contributed by atoms with Crippen LogP contribution in [-0.2, 0) is 29.3 Å². The van der Waals surface area contributed by atoms with Crippen LogP contribution >= 0.6 is 0 Å². The van der Waals surface area contributed by atoms with Crippen molar-refractivity contribution in [2.45, 2.75) is 59.0 Å². The predicted molar refractivity (Wildman–Crippen MR) is 86.7 cm³/mol. The van der Waals surface area contributed by atoms with E-state index >= 15 is 0 Å². The molecule has 0 aromatic rings. The summed E-state index contributed by atoms with van der Waals surface area (Å²) in [5, 5.41) is 10.5. The molecule has 0 spiro atoms. The van der Waals surface area contributed by atoms with E-state index in [2.05, 4.69) is 19.7 Å². The van der Waals surface area contributed by atoms with Gasteiger partial charge < -0.3 is 19.8 Å². The number of hydrogen-bond acceptors (Lipinski definition) is 7. The van der Waals surface area contributed by atoms with Gasteiger partial charge in [0.15, 0.2) is 12.2 Å². The first-order valence-corrected chi connectivity index (χ1v) is 7.79. The minimum atomic E-state index is -0.883. The average molecular weight is 344 g/mol. The molecular formula is C17H28O7. The van der Waals surface area contributed by atoms with Crippen LogP contribution in [0.2, 0.25) is 0 Å². The Morgan fingerprint density at radius 3 is 1.46 bits per heavy atom. The maximum Gasteiger partial charge on any atom is 0.168 e. The van der Waals surface area contributed by atoms with Crippen LogP contribution in [0.15, 0.2) is 37.0 Å². The van der Waals surface area contributed by atoms with Gasteiger partial charge in [0.2, 0.25) is 0 Å². The zero-order valence-corrected chi connectivity index (χ0v) is 15.0. The molecule has 1 rings (SSSR count). The lowest BCUT2D eigenvalue weighted by atomic mass is 9.74. The molecule has 0 bridgehead atoms. The highest BCUT2D eigenvalue weighted by Gasteiger charge is 2.52. The average Bonchev–Trinajstić information content (AvgIpc) is 2.48. The molecule has 0 amide bonds. The molecule has 1 N–H and O–H groups in total. The van der Waals surface area contributed by atoms with Gasteiger partial charge in [0, 0.05) is 0 Å². The molecule has 0 aromatic heterocycles. The predicted octanol–water partition coefficient (Wildman–Crippen LogP) is 3.18. The molecule has 0 aromatic carbocycles. The van der Waals surface area contributed by atoms with Gasteiger partial charge in [-0.25, -0.2) is 0 Å². The summed E-state index contributed by atoms with van der Waals surface area (Å²) < 4.78 is 0. The van der Waals surface area contributed by atoms with Crippen molar-refractivity contribution in [2.75, 3.05) is 0 Å². The van der Waals surface area contributed by atoms with E-state index in [9.17, 15) is 5.11 Å². The van der Waals surface area contributed by atoms with Crippen LogP contribution in [-0.4, -0.2) is 29.5 Å². The molecule has 0 heterocycles. The quantitative estimate of drug-likeness (QED) is 0.391. The minimum absolute atomic E-state index is 0.122. The van der Waals surface area contributed by atoms with Gasteiger partial charge in [-0.1, -0.05) is 33.6 Å². The van der Waals surface area contributed by atoms with Gasteiger partial charge in [0.25, 0.3) is 0 Å². The van der Waals surface area contributed by atoms with E-state index in [1.165, 1.54) is 0 Å². The van der Waals surface area contributed by atoms with Crippen LogP contribution in [0, 0.1) is 11.8 Å². The maximum atomic E-state index is 10.5. The van der Waals surface area contributed by atoms with E-state index < -0.39 is 24.4 Å². The first-order valence-electron chi connectivity index (χ1n) is 7.79. The summed E-state index contributed by atoms with van der Waals surface area (Å²) in [6, 6.07) is 0. The largest absolute Gasteiger partial charge is 0.390 e. The molecule has 0 radical (unpaired) electrons. The van der Waals surface area contributed by atoms with Crippen LogP contribution in [0.25, 0.3) is 0 Å². The summed E-state index contributed by atoms with van der Waals surface area (Å²) in [5.41, 5.74) is 0. The third kappa shape index (κ3) is 5.52. The van der Waals surface area contributed by atoms with Gasteiger partial charge in [-0.3, -0.25) is 0 Å². The highest BCUT2D eigenvalue weighted by Crippen LogP contribution is 2.36. The highest BCUT2D eigenvalue weighted by atomic mass is 17.2. The second kappa shape index (κ2) is 9.08. The summed E-state index contributed by atoms with van der Waals surface area (Å²) >= 11 is 0. The lowest BCUT2D eigenvalue weighted by Gasteiger charge is -2.44. The molecule has 138 valence electrons. The third-order valence-corrected chi connectivity index (χ3v) is 3.77. The van der Waals surface area contributed by atoms with E-state index in [0.717, 1.165) is 0 Å². The Kier molecular flexibility index (Phi) is 7.75. The maximum absolute atomic E-state index is 10.5. The SMILES string of the molecule is C=C(C)OOC1C(C)C(C)C(O)C(OOC(=C)C)C1OOC(=C)C. The van der Waals surface area contributed by atoms with Crippen molar-refractivity contribution in [3.63, 3.8) is 0 Å². The second-order valence-corrected chi connectivity index (χ2v) is 6.25. The summed E-state index contributed by atoms with van der Waals surface area (Å²) in [7, 11) is 0. The number of hydrogen-bond donors (Lipinski definition) is 1. The summed E-state index contributed by atoms with van der Waals surface area (Å²) in [6.45, 7) is 19.5. The molecule has 7 nitrogen and oxygen atoms in total. The Morgan fingerprint density at radius 2 is 1.04 bits per heavy atom. The van der Waals surface area contributed by atoms with Crippen molar-refractivity contribution >= 4 is 0 Å².